The van der Waals surface area contributed by atoms with Gasteiger partial charge in [0, 0.05) is 43.8 Å². The van der Waals surface area contributed by atoms with Gasteiger partial charge in [-0.15, -0.1) is 0 Å². The molecule has 1 aromatic carbocycles. The van der Waals surface area contributed by atoms with E-state index in [1.165, 1.54) is 0 Å². The molecule has 3 aliphatic heterocycles. The first-order valence-corrected chi connectivity index (χ1v) is 11.6. The Bertz CT molecular complexity index is 1080. The fraction of sp³-hybridized carbons (Fsp3) is 0.421. The van der Waals surface area contributed by atoms with Gasteiger partial charge in [0.1, 0.15) is 17.5 Å². The standard InChI is InChI=1S/C19H23N7O3S/c1-2-30(28,29)25-9-7-24(8-10-25)14-5-3-13(4-6-14)21-19-20-11-15-17(23-19)22-16-12-26(16)18(15)27/h3-6,11,16H,2,7-10,12H2,1H3,(H2,20,21,22,23). The van der Waals surface area contributed by atoms with Crippen LogP contribution in [0.5, 0.6) is 0 Å². The molecule has 1 atom stereocenters. The normalized spacial score (nSPS) is 21.0. The number of hydrogen-bond donors (Lipinski definition) is 2. The molecule has 2 N–H and O–H groups in total. The van der Waals surface area contributed by atoms with Crippen LogP contribution in [0.4, 0.5) is 23.1 Å². The summed E-state index contributed by atoms with van der Waals surface area (Å²) >= 11 is 0. The van der Waals surface area contributed by atoms with Crippen LogP contribution in [-0.2, 0) is 10.0 Å². The van der Waals surface area contributed by atoms with Crippen molar-refractivity contribution in [2.45, 2.75) is 13.1 Å². The molecule has 2 fully saturated rings. The summed E-state index contributed by atoms with van der Waals surface area (Å²) in [4.78, 5) is 24.8. The van der Waals surface area contributed by atoms with Crippen molar-refractivity contribution in [3.8, 4) is 0 Å². The Morgan fingerprint density at radius 2 is 1.90 bits per heavy atom. The molecule has 10 nitrogen and oxygen atoms in total. The highest BCUT2D eigenvalue weighted by molar-refractivity contribution is 7.89. The Morgan fingerprint density at radius 3 is 2.60 bits per heavy atom. The molecule has 1 aromatic heterocycles. The number of aromatic nitrogens is 2. The van der Waals surface area contributed by atoms with Gasteiger partial charge in [-0.1, -0.05) is 0 Å². The molecule has 4 heterocycles. The van der Waals surface area contributed by atoms with Gasteiger partial charge in [0.25, 0.3) is 5.91 Å². The molecular formula is C19H23N7O3S. The van der Waals surface area contributed by atoms with Gasteiger partial charge in [0.15, 0.2) is 0 Å². The minimum Gasteiger partial charge on any atom is -0.369 e. The summed E-state index contributed by atoms with van der Waals surface area (Å²) < 4.78 is 25.6. The lowest BCUT2D eigenvalue weighted by Gasteiger charge is -2.35. The zero-order valence-corrected chi connectivity index (χ0v) is 17.4. The molecule has 0 bridgehead atoms. The second kappa shape index (κ2) is 7.10. The third-order valence-electron chi connectivity index (χ3n) is 5.68. The van der Waals surface area contributed by atoms with Crippen LogP contribution in [0.25, 0.3) is 0 Å². The first-order valence-electron chi connectivity index (χ1n) is 9.99. The summed E-state index contributed by atoms with van der Waals surface area (Å²) in [5.41, 5.74) is 2.37. The van der Waals surface area contributed by atoms with Crippen LogP contribution in [0.15, 0.2) is 30.5 Å². The fourth-order valence-corrected chi connectivity index (χ4v) is 4.88. The maximum absolute atomic E-state index is 12.2. The molecule has 1 amide bonds. The number of piperazine rings is 1. The van der Waals surface area contributed by atoms with E-state index >= 15 is 0 Å². The zero-order valence-electron chi connectivity index (χ0n) is 16.6. The van der Waals surface area contributed by atoms with Crippen molar-refractivity contribution in [2.24, 2.45) is 0 Å². The third-order valence-corrected chi connectivity index (χ3v) is 7.56. The van der Waals surface area contributed by atoms with E-state index in [9.17, 15) is 13.2 Å². The Kier molecular flexibility index (Phi) is 4.51. The number of benzene rings is 1. The van der Waals surface area contributed by atoms with Crippen molar-refractivity contribution in [1.82, 2.24) is 19.2 Å². The maximum atomic E-state index is 12.2. The Hall–Kier alpha value is -2.92. The number of hydrogen-bond acceptors (Lipinski definition) is 8. The molecule has 5 rings (SSSR count). The molecule has 2 aromatic rings. The highest BCUT2D eigenvalue weighted by Gasteiger charge is 2.44. The highest BCUT2D eigenvalue weighted by Crippen LogP contribution is 2.32. The molecule has 0 aliphatic carbocycles. The summed E-state index contributed by atoms with van der Waals surface area (Å²) in [6.07, 6.45) is 1.60. The van der Waals surface area contributed by atoms with E-state index in [0.29, 0.717) is 50.1 Å². The van der Waals surface area contributed by atoms with Crippen LogP contribution >= 0.6 is 0 Å². The van der Waals surface area contributed by atoms with E-state index in [1.807, 2.05) is 24.3 Å². The first-order chi connectivity index (χ1) is 14.4. The van der Waals surface area contributed by atoms with Gasteiger partial charge in [0.05, 0.1) is 12.3 Å². The number of fused-ring (bicyclic) bond motifs is 2. The summed E-state index contributed by atoms with van der Waals surface area (Å²) in [6.45, 7) is 4.72. The lowest BCUT2D eigenvalue weighted by atomic mass is 10.2. The van der Waals surface area contributed by atoms with E-state index in [2.05, 4.69) is 25.5 Å². The number of sulfonamides is 1. The zero-order chi connectivity index (χ0) is 20.9. The van der Waals surface area contributed by atoms with E-state index in [1.54, 1.807) is 22.3 Å². The first kappa shape index (κ1) is 19.1. The molecule has 0 saturated carbocycles. The van der Waals surface area contributed by atoms with Crippen molar-refractivity contribution in [1.29, 1.82) is 0 Å². The molecular weight excluding hydrogens is 406 g/mol. The second-order valence-electron chi connectivity index (χ2n) is 7.53. The van der Waals surface area contributed by atoms with Crippen LogP contribution in [-0.4, -0.2) is 78.1 Å². The number of anilines is 4. The molecule has 3 aliphatic rings. The van der Waals surface area contributed by atoms with Crippen molar-refractivity contribution < 1.29 is 13.2 Å². The maximum Gasteiger partial charge on any atom is 0.261 e. The average molecular weight is 430 g/mol. The minimum atomic E-state index is -3.13. The number of nitrogens with zero attached hydrogens (tertiary/aromatic N) is 5. The minimum absolute atomic E-state index is 0.0310. The molecule has 1 unspecified atom stereocenters. The van der Waals surface area contributed by atoms with Crippen molar-refractivity contribution in [2.75, 3.05) is 54.0 Å². The summed E-state index contributed by atoms with van der Waals surface area (Å²) in [5, 5.41) is 6.39. The number of carbonyl (C=O) groups is 1. The van der Waals surface area contributed by atoms with E-state index in [0.717, 1.165) is 11.4 Å². The number of rotatable bonds is 5. The summed E-state index contributed by atoms with van der Waals surface area (Å²) in [7, 11) is -3.13. The predicted molar refractivity (Wildman–Crippen MR) is 113 cm³/mol. The lowest BCUT2D eigenvalue weighted by Crippen LogP contribution is -2.49. The third kappa shape index (κ3) is 3.43. The molecule has 11 heteroatoms. The van der Waals surface area contributed by atoms with E-state index < -0.39 is 10.0 Å². The number of carbonyl (C=O) groups excluding carboxylic acids is 1. The van der Waals surface area contributed by atoms with E-state index in [4.69, 9.17) is 0 Å². The lowest BCUT2D eigenvalue weighted by molar-refractivity contribution is 0.0872. The fourth-order valence-electron chi connectivity index (χ4n) is 3.80. The molecule has 2 saturated heterocycles. The van der Waals surface area contributed by atoms with Gasteiger partial charge in [0.2, 0.25) is 16.0 Å². The topological polar surface area (TPSA) is 111 Å². The summed E-state index contributed by atoms with van der Waals surface area (Å²) in [5.74, 6) is 1.10. The van der Waals surface area contributed by atoms with E-state index in [-0.39, 0.29) is 17.8 Å². The van der Waals surface area contributed by atoms with Crippen molar-refractivity contribution >= 4 is 39.1 Å². The van der Waals surface area contributed by atoms with Gasteiger partial charge in [-0.3, -0.25) is 4.79 Å². The summed E-state index contributed by atoms with van der Waals surface area (Å²) in [6, 6.07) is 7.87. The second-order valence-corrected chi connectivity index (χ2v) is 9.79. The predicted octanol–water partition coefficient (Wildman–Crippen LogP) is 0.899. The van der Waals surface area contributed by atoms with Crippen LogP contribution in [0.1, 0.15) is 17.3 Å². The largest absolute Gasteiger partial charge is 0.369 e. The Balaban J connectivity index is 1.23. The molecule has 0 radical (unpaired) electrons. The van der Waals surface area contributed by atoms with Gasteiger partial charge in [-0.05, 0) is 31.2 Å². The van der Waals surface area contributed by atoms with Crippen LogP contribution in [0, 0.1) is 0 Å². The van der Waals surface area contributed by atoms with Crippen LogP contribution < -0.4 is 15.5 Å². The number of amides is 1. The molecule has 30 heavy (non-hydrogen) atoms. The van der Waals surface area contributed by atoms with Crippen LogP contribution in [0.2, 0.25) is 0 Å². The van der Waals surface area contributed by atoms with Crippen molar-refractivity contribution in [3.05, 3.63) is 36.0 Å². The molecule has 0 spiro atoms. The van der Waals surface area contributed by atoms with Gasteiger partial charge in [-0.25, -0.2) is 13.4 Å². The van der Waals surface area contributed by atoms with Gasteiger partial charge >= 0.3 is 0 Å². The SMILES string of the molecule is CCS(=O)(=O)N1CCN(c2ccc(Nc3ncc4c(n3)NC3CN3C4=O)cc2)CC1. The highest BCUT2D eigenvalue weighted by atomic mass is 32.2. The van der Waals surface area contributed by atoms with Crippen LogP contribution in [0.3, 0.4) is 0 Å². The Morgan fingerprint density at radius 1 is 1.17 bits per heavy atom. The average Bonchev–Trinajstić information content (AvgIpc) is 3.54. The van der Waals surface area contributed by atoms with Crippen molar-refractivity contribution in [3.63, 3.8) is 0 Å². The number of nitrogens with one attached hydrogen (secondary N) is 2. The molecule has 158 valence electrons. The van der Waals surface area contributed by atoms with Gasteiger partial charge < -0.3 is 20.4 Å². The smallest absolute Gasteiger partial charge is 0.261 e. The quantitative estimate of drug-likeness (QED) is 0.675. The van der Waals surface area contributed by atoms with Gasteiger partial charge in [-0.2, -0.15) is 9.29 Å². The Labute approximate surface area is 174 Å². The monoisotopic (exact) mass is 429 g/mol.